The van der Waals surface area contributed by atoms with Crippen LogP contribution in [-0.4, -0.2) is 31.8 Å². The predicted molar refractivity (Wildman–Crippen MR) is 45.1 cm³/mol. The molecular formula is C8H16NTl. The summed E-state index contributed by atoms with van der Waals surface area (Å²) >= 11 is 1.20. The first-order chi connectivity index (χ1) is 4.84. The summed E-state index contributed by atoms with van der Waals surface area (Å²) < 4.78 is 1.48. The topological polar surface area (TPSA) is 26.0 Å². The summed E-state index contributed by atoms with van der Waals surface area (Å²) in [7, 11) is 0. The molecule has 0 spiro atoms. The van der Waals surface area contributed by atoms with Crippen molar-refractivity contribution in [1.82, 2.24) is 0 Å². The summed E-state index contributed by atoms with van der Waals surface area (Å²) in [6.45, 7) is 0. The Morgan fingerprint density at radius 2 is 2.10 bits per heavy atom. The minimum atomic E-state index is 0.552. The number of hydrogen-bond donors (Lipinski definition) is 1. The van der Waals surface area contributed by atoms with Crippen molar-refractivity contribution < 1.29 is 0 Å². The molecule has 0 amide bonds. The summed E-state index contributed by atoms with van der Waals surface area (Å²) in [5, 5.41) is 0. The Bertz CT molecular complexity index is 91.3. The van der Waals surface area contributed by atoms with Crippen LogP contribution >= 0.6 is 0 Å². The molecule has 10 heavy (non-hydrogen) atoms. The van der Waals surface area contributed by atoms with Crippen LogP contribution in [0.15, 0.2) is 0 Å². The van der Waals surface area contributed by atoms with Gasteiger partial charge in [-0.1, -0.05) is 0 Å². The fourth-order valence-electron chi connectivity index (χ4n) is 1.28. The second-order valence-corrected chi connectivity index (χ2v) is 5.53. The predicted octanol–water partition coefficient (Wildman–Crippen LogP) is 1.48. The van der Waals surface area contributed by atoms with Gasteiger partial charge in [0.05, 0.1) is 0 Å². The zero-order valence-corrected chi connectivity index (χ0v) is 11.0. The van der Waals surface area contributed by atoms with Crippen LogP contribution in [0.25, 0.3) is 0 Å². The van der Waals surface area contributed by atoms with Gasteiger partial charge in [-0.05, 0) is 0 Å². The molecule has 2 heteroatoms. The Hall–Kier alpha value is 0.882. The fraction of sp³-hybridized carbons (Fsp3) is 1.00. The molecule has 1 aliphatic carbocycles. The molecule has 0 aromatic rings. The fourth-order valence-corrected chi connectivity index (χ4v) is 2.41. The van der Waals surface area contributed by atoms with Crippen molar-refractivity contribution in [2.45, 2.75) is 42.1 Å². The van der Waals surface area contributed by atoms with Gasteiger partial charge in [-0.2, -0.15) is 0 Å². The van der Waals surface area contributed by atoms with Gasteiger partial charge in [-0.25, -0.2) is 0 Å². The molecule has 0 heterocycles. The van der Waals surface area contributed by atoms with E-state index in [0.29, 0.717) is 6.04 Å². The van der Waals surface area contributed by atoms with Crippen molar-refractivity contribution in [3.8, 4) is 0 Å². The van der Waals surface area contributed by atoms with Gasteiger partial charge >= 0.3 is 79.5 Å². The number of nitrogens with two attached hydrogens (primary N) is 1. The Morgan fingerprint density at radius 3 is 2.60 bits per heavy atom. The van der Waals surface area contributed by atoms with Gasteiger partial charge in [0.2, 0.25) is 0 Å². The molecule has 1 unspecified atom stereocenters. The van der Waals surface area contributed by atoms with Crippen LogP contribution in [-0.2, 0) is 0 Å². The molecule has 56 valence electrons. The van der Waals surface area contributed by atoms with Crippen molar-refractivity contribution >= 4 is 25.8 Å². The maximum atomic E-state index is 5.93. The van der Waals surface area contributed by atoms with Crippen LogP contribution < -0.4 is 5.73 Å². The molecule has 1 nitrogen and oxygen atoms in total. The quantitative estimate of drug-likeness (QED) is 0.600. The van der Waals surface area contributed by atoms with Crippen LogP contribution in [0.3, 0.4) is 0 Å². The summed E-state index contributed by atoms with van der Waals surface area (Å²) in [6, 6.07) is 0.552. The third-order valence-electron chi connectivity index (χ3n) is 2.22. The Balaban J connectivity index is 1.90. The molecular weight excluding hydrogens is 314 g/mol. The summed E-state index contributed by atoms with van der Waals surface area (Å²) in [4.78, 5) is 0. The van der Waals surface area contributed by atoms with Gasteiger partial charge in [-0.3, -0.25) is 0 Å². The molecule has 1 fully saturated rings. The van der Waals surface area contributed by atoms with E-state index in [1.165, 1.54) is 61.9 Å². The van der Waals surface area contributed by atoms with E-state index in [2.05, 4.69) is 0 Å². The van der Waals surface area contributed by atoms with Crippen LogP contribution in [0.1, 0.15) is 32.1 Å². The van der Waals surface area contributed by atoms with E-state index in [1.807, 2.05) is 0 Å². The monoisotopic (exact) mass is 331 g/mol. The first-order valence-corrected chi connectivity index (χ1v) is 7.47. The second-order valence-electron chi connectivity index (χ2n) is 3.29. The van der Waals surface area contributed by atoms with Gasteiger partial charge in [-0.15, -0.1) is 0 Å². The van der Waals surface area contributed by atoms with Crippen molar-refractivity contribution in [2.75, 3.05) is 0 Å². The molecule has 0 saturated heterocycles. The third kappa shape index (κ3) is 3.33. The first-order valence-electron chi connectivity index (χ1n) is 4.30. The van der Waals surface area contributed by atoms with Crippen LogP contribution in [0.2, 0.25) is 3.98 Å². The minimum absolute atomic E-state index is 0.552. The molecule has 0 radical (unpaired) electrons. The molecule has 2 N–H and O–H groups in total. The Morgan fingerprint density at radius 1 is 1.40 bits per heavy atom. The van der Waals surface area contributed by atoms with E-state index in [0.717, 1.165) is 5.92 Å². The summed E-state index contributed by atoms with van der Waals surface area (Å²) in [5.41, 5.74) is 5.93. The van der Waals surface area contributed by atoms with Gasteiger partial charge in [0.15, 0.2) is 0 Å². The van der Waals surface area contributed by atoms with E-state index in [-0.39, 0.29) is 0 Å². The number of unbranched alkanes of at least 4 members (excludes halogenated alkanes) is 1. The van der Waals surface area contributed by atoms with Crippen molar-refractivity contribution in [3.63, 3.8) is 0 Å². The second kappa shape index (κ2) is 4.70. The van der Waals surface area contributed by atoms with Crippen molar-refractivity contribution in [3.05, 3.63) is 0 Å². The van der Waals surface area contributed by atoms with Crippen molar-refractivity contribution in [2.24, 2.45) is 11.7 Å². The van der Waals surface area contributed by atoms with Gasteiger partial charge in [0.25, 0.3) is 0 Å². The molecule has 0 aromatic heterocycles. The first kappa shape index (κ1) is 8.97. The van der Waals surface area contributed by atoms with E-state index in [9.17, 15) is 0 Å². The van der Waals surface area contributed by atoms with E-state index in [4.69, 9.17) is 5.73 Å². The van der Waals surface area contributed by atoms with Gasteiger partial charge < -0.3 is 0 Å². The number of rotatable bonds is 5. The van der Waals surface area contributed by atoms with Gasteiger partial charge in [0, 0.05) is 0 Å². The average molecular weight is 331 g/mol. The molecule has 0 bridgehead atoms. The molecule has 0 aromatic carbocycles. The van der Waals surface area contributed by atoms with Gasteiger partial charge in [0.1, 0.15) is 0 Å². The van der Waals surface area contributed by atoms with Crippen LogP contribution in [0, 0.1) is 5.92 Å². The zero-order chi connectivity index (χ0) is 7.40. The van der Waals surface area contributed by atoms with Crippen LogP contribution in [0.5, 0.6) is 0 Å². The number of hydrogen-bond acceptors (Lipinski definition) is 1. The average Bonchev–Trinajstić information content (AvgIpc) is 2.69. The maximum absolute atomic E-state index is 5.93. The molecule has 1 atom stereocenters. The van der Waals surface area contributed by atoms with E-state index in [1.54, 1.807) is 0 Å². The molecule has 1 rings (SSSR count). The Labute approximate surface area is 79.4 Å². The van der Waals surface area contributed by atoms with Crippen molar-refractivity contribution in [1.29, 1.82) is 0 Å². The Kier molecular flexibility index (Phi) is 4.22. The summed E-state index contributed by atoms with van der Waals surface area (Å²) in [6.07, 6.45) is 6.92. The third-order valence-corrected chi connectivity index (χ3v) is 3.81. The van der Waals surface area contributed by atoms with E-state index >= 15 is 0 Å². The van der Waals surface area contributed by atoms with Crippen LogP contribution in [0.4, 0.5) is 0 Å². The zero-order valence-electron chi connectivity index (χ0n) is 6.55. The molecule has 1 saturated carbocycles. The standard InChI is InChI=1S/C8H16N.Tl/c1-2-3-4-8(9)7-5-6-7;/h7-8H,1-6,9H2;. The SMILES string of the molecule is NC(CCC[CH2][Tl])C1CC1. The normalized spacial score (nSPS) is 20.8. The molecule has 1 aliphatic rings. The summed E-state index contributed by atoms with van der Waals surface area (Å²) in [5.74, 6) is 0.913. The van der Waals surface area contributed by atoms with E-state index < -0.39 is 0 Å². The molecule has 0 aliphatic heterocycles.